The van der Waals surface area contributed by atoms with Gasteiger partial charge in [0.1, 0.15) is 0 Å². The molecule has 0 saturated carbocycles. The summed E-state index contributed by atoms with van der Waals surface area (Å²) < 4.78 is 61.6. The first-order valence-corrected chi connectivity index (χ1v) is 3.89. The lowest BCUT2D eigenvalue weighted by Crippen LogP contribution is -2.33. The fourth-order valence-corrected chi connectivity index (χ4v) is 0.979. The molecule has 16 heavy (non-hydrogen) atoms. The summed E-state index contributed by atoms with van der Waals surface area (Å²) in [6.45, 7) is 0. The van der Waals surface area contributed by atoms with E-state index in [0.717, 1.165) is 12.1 Å². The Hall–Kier alpha value is -1.82. The molecule has 0 aromatic heterocycles. The van der Waals surface area contributed by atoms with Crippen molar-refractivity contribution in [1.82, 2.24) is 0 Å². The van der Waals surface area contributed by atoms with Crippen LogP contribution in [0, 0.1) is 0 Å². The van der Waals surface area contributed by atoms with Crippen LogP contribution in [0.3, 0.4) is 0 Å². The lowest BCUT2D eigenvalue weighted by Gasteiger charge is -2.19. The lowest BCUT2D eigenvalue weighted by molar-refractivity contribution is -0.289. The third kappa shape index (κ3) is 2.22. The second-order valence-electron chi connectivity index (χ2n) is 2.81. The monoisotopic (exact) mass is 237 g/mol. The van der Waals surface area contributed by atoms with Gasteiger partial charge >= 0.3 is 12.1 Å². The van der Waals surface area contributed by atoms with Crippen LogP contribution in [0.1, 0.15) is 5.56 Å². The minimum atomic E-state index is -5.68. The quantitative estimate of drug-likeness (QED) is 0.319. The highest BCUT2D eigenvalue weighted by Gasteiger charge is 2.58. The molecule has 0 bridgehead atoms. The van der Waals surface area contributed by atoms with Crippen molar-refractivity contribution in [3.8, 4) is 0 Å². The molecular formula is C8H4F5N3. The molecular weight excluding hydrogens is 233 g/mol. The Kier molecular flexibility index (Phi) is 3.04. The number of nitrogens with zero attached hydrogens (tertiary/aromatic N) is 3. The molecule has 0 N–H and O–H groups in total. The van der Waals surface area contributed by atoms with Gasteiger partial charge in [0.05, 0.1) is 0 Å². The third-order valence-electron chi connectivity index (χ3n) is 1.72. The Morgan fingerprint density at radius 1 is 1.12 bits per heavy atom. The van der Waals surface area contributed by atoms with Crippen LogP contribution >= 0.6 is 0 Å². The van der Waals surface area contributed by atoms with Crippen molar-refractivity contribution in [2.75, 3.05) is 0 Å². The van der Waals surface area contributed by atoms with Crippen molar-refractivity contribution in [1.29, 1.82) is 0 Å². The van der Waals surface area contributed by atoms with E-state index in [1.54, 1.807) is 0 Å². The van der Waals surface area contributed by atoms with Crippen molar-refractivity contribution < 1.29 is 22.0 Å². The van der Waals surface area contributed by atoms with Crippen LogP contribution in [0.25, 0.3) is 10.4 Å². The van der Waals surface area contributed by atoms with E-state index in [2.05, 4.69) is 10.0 Å². The maximum Gasteiger partial charge on any atom is 0.458 e. The van der Waals surface area contributed by atoms with Crippen molar-refractivity contribution in [3.63, 3.8) is 0 Å². The number of hydrogen-bond donors (Lipinski definition) is 0. The fourth-order valence-electron chi connectivity index (χ4n) is 0.979. The largest absolute Gasteiger partial charge is 0.458 e. The maximum absolute atomic E-state index is 12.8. The molecule has 8 heteroatoms. The number of rotatable bonds is 2. The third-order valence-corrected chi connectivity index (χ3v) is 1.72. The normalized spacial score (nSPS) is 12.1. The Bertz CT molecular complexity index is 434. The van der Waals surface area contributed by atoms with E-state index >= 15 is 0 Å². The van der Waals surface area contributed by atoms with Gasteiger partial charge in [0.25, 0.3) is 0 Å². The summed E-state index contributed by atoms with van der Waals surface area (Å²) in [5, 5.41) is 2.94. The molecule has 1 aromatic rings. The molecule has 1 rings (SSSR count). The summed E-state index contributed by atoms with van der Waals surface area (Å²) in [6.07, 6.45) is -5.68. The molecule has 3 nitrogen and oxygen atoms in total. The predicted molar refractivity (Wildman–Crippen MR) is 45.2 cm³/mol. The first-order chi connectivity index (χ1) is 7.29. The first-order valence-electron chi connectivity index (χ1n) is 3.89. The van der Waals surface area contributed by atoms with Gasteiger partial charge in [-0.1, -0.05) is 23.3 Å². The van der Waals surface area contributed by atoms with E-state index in [0.29, 0.717) is 12.1 Å². The summed E-state index contributed by atoms with van der Waals surface area (Å²) in [4.78, 5) is 2.29. The zero-order valence-corrected chi connectivity index (χ0v) is 7.54. The zero-order valence-electron chi connectivity index (χ0n) is 7.54. The SMILES string of the molecule is [N-]=[N+]=Nc1cccc(C(F)(F)C(F)(F)F)c1. The summed E-state index contributed by atoms with van der Waals surface area (Å²) in [5.41, 5.74) is 6.46. The highest BCUT2D eigenvalue weighted by Crippen LogP contribution is 2.44. The van der Waals surface area contributed by atoms with Gasteiger partial charge < -0.3 is 0 Å². The van der Waals surface area contributed by atoms with Crippen LogP contribution in [0.2, 0.25) is 0 Å². The van der Waals surface area contributed by atoms with Crippen LogP contribution in [0.5, 0.6) is 0 Å². The minimum absolute atomic E-state index is 0.302. The predicted octanol–water partition coefficient (Wildman–Crippen LogP) is 4.28. The number of benzene rings is 1. The number of hydrogen-bond acceptors (Lipinski definition) is 1. The van der Waals surface area contributed by atoms with Gasteiger partial charge in [0.2, 0.25) is 0 Å². The molecule has 0 fully saturated rings. The van der Waals surface area contributed by atoms with Crippen molar-refractivity contribution in [3.05, 3.63) is 40.3 Å². The molecule has 0 aliphatic carbocycles. The molecule has 0 heterocycles. The lowest BCUT2D eigenvalue weighted by atomic mass is 10.1. The van der Waals surface area contributed by atoms with Crippen molar-refractivity contribution in [2.24, 2.45) is 5.11 Å². The van der Waals surface area contributed by atoms with E-state index < -0.39 is 17.7 Å². The van der Waals surface area contributed by atoms with Crippen molar-refractivity contribution in [2.45, 2.75) is 12.1 Å². The Morgan fingerprint density at radius 3 is 2.25 bits per heavy atom. The Labute approximate surface area is 86.1 Å². The summed E-state index contributed by atoms with van der Waals surface area (Å²) in [7, 11) is 0. The molecule has 0 aliphatic heterocycles. The first kappa shape index (κ1) is 12.3. The molecule has 1 aromatic carbocycles. The van der Waals surface area contributed by atoms with Gasteiger partial charge in [0, 0.05) is 16.2 Å². The average Bonchev–Trinajstić information content (AvgIpc) is 2.17. The maximum atomic E-state index is 12.8. The molecule has 0 aliphatic rings. The number of azide groups is 1. The molecule has 0 atom stereocenters. The Morgan fingerprint density at radius 2 is 1.75 bits per heavy atom. The summed E-state index contributed by atoms with van der Waals surface area (Å²) in [5.74, 6) is -4.96. The topological polar surface area (TPSA) is 48.8 Å². The van der Waals surface area contributed by atoms with E-state index in [9.17, 15) is 22.0 Å². The second-order valence-corrected chi connectivity index (χ2v) is 2.81. The van der Waals surface area contributed by atoms with Crippen LogP contribution < -0.4 is 0 Å². The Balaban J connectivity index is 3.23. The molecule has 0 unspecified atom stereocenters. The number of halogens is 5. The smallest absolute Gasteiger partial charge is 0.191 e. The molecule has 0 saturated heterocycles. The molecule has 0 radical (unpaired) electrons. The molecule has 86 valence electrons. The summed E-state index contributed by atoms with van der Waals surface area (Å²) >= 11 is 0. The van der Waals surface area contributed by atoms with Gasteiger partial charge in [-0.3, -0.25) is 0 Å². The highest BCUT2D eigenvalue weighted by molar-refractivity contribution is 5.41. The van der Waals surface area contributed by atoms with Gasteiger partial charge in [-0.25, -0.2) is 0 Å². The fraction of sp³-hybridized carbons (Fsp3) is 0.250. The van der Waals surface area contributed by atoms with Gasteiger partial charge in [-0.2, -0.15) is 22.0 Å². The zero-order chi connectivity index (χ0) is 12.4. The average molecular weight is 237 g/mol. The van der Waals surface area contributed by atoms with Crippen LogP contribution in [0.4, 0.5) is 27.6 Å². The highest BCUT2D eigenvalue weighted by atomic mass is 19.4. The van der Waals surface area contributed by atoms with E-state index in [4.69, 9.17) is 5.53 Å². The van der Waals surface area contributed by atoms with Gasteiger partial charge in [0.15, 0.2) is 0 Å². The van der Waals surface area contributed by atoms with Crippen molar-refractivity contribution >= 4 is 5.69 Å². The van der Waals surface area contributed by atoms with Crippen LogP contribution in [-0.2, 0) is 5.92 Å². The van der Waals surface area contributed by atoms with Gasteiger partial charge in [-0.05, 0) is 11.6 Å². The second kappa shape index (κ2) is 3.97. The van der Waals surface area contributed by atoms with E-state index in [1.165, 1.54) is 0 Å². The number of alkyl halides is 5. The van der Waals surface area contributed by atoms with E-state index in [-0.39, 0.29) is 5.69 Å². The van der Waals surface area contributed by atoms with E-state index in [1.807, 2.05) is 0 Å². The summed E-state index contributed by atoms with van der Waals surface area (Å²) in [6, 6.07) is 3.19. The minimum Gasteiger partial charge on any atom is -0.191 e. The van der Waals surface area contributed by atoms with Crippen LogP contribution in [-0.4, -0.2) is 6.18 Å². The molecule has 0 amide bonds. The standard InChI is InChI=1S/C8H4F5N3/c9-7(10,8(11,12)13)5-2-1-3-6(4-5)15-16-14/h1-4H. The van der Waals surface area contributed by atoms with Gasteiger partial charge in [-0.15, -0.1) is 0 Å². The van der Waals surface area contributed by atoms with Crippen LogP contribution in [0.15, 0.2) is 29.4 Å². The molecule has 0 spiro atoms.